The maximum absolute atomic E-state index is 11.8. The number of nitrogens with one attached hydrogen (secondary N) is 2. The molecule has 0 bridgehead atoms. The summed E-state index contributed by atoms with van der Waals surface area (Å²) in [7, 11) is 1.57. The SMILES string of the molecule is CCC(N)CC(=O)Nc1cc(C(=O)NC)ccc1C. The highest BCUT2D eigenvalue weighted by molar-refractivity contribution is 5.97. The van der Waals surface area contributed by atoms with Gasteiger partial charge in [-0.1, -0.05) is 13.0 Å². The van der Waals surface area contributed by atoms with Crippen LogP contribution in [0.1, 0.15) is 35.7 Å². The molecule has 1 atom stereocenters. The highest BCUT2D eigenvalue weighted by Crippen LogP contribution is 2.17. The van der Waals surface area contributed by atoms with E-state index in [1.54, 1.807) is 25.2 Å². The molecule has 1 rings (SSSR count). The van der Waals surface area contributed by atoms with Crippen LogP contribution in [0.4, 0.5) is 5.69 Å². The molecule has 5 heteroatoms. The molecule has 2 amide bonds. The first kappa shape index (κ1) is 15.2. The van der Waals surface area contributed by atoms with Gasteiger partial charge in [0, 0.05) is 30.8 Å². The monoisotopic (exact) mass is 263 g/mol. The summed E-state index contributed by atoms with van der Waals surface area (Å²) in [5, 5.41) is 5.35. The Morgan fingerprint density at radius 1 is 1.37 bits per heavy atom. The van der Waals surface area contributed by atoms with E-state index in [0.717, 1.165) is 12.0 Å². The molecule has 0 aliphatic heterocycles. The quantitative estimate of drug-likeness (QED) is 0.751. The zero-order valence-corrected chi connectivity index (χ0v) is 11.6. The molecule has 1 aromatic rings. The van der Waals surface area contributed by atoms with Gasteiger partial charge >= 0.3 is 0 Å². The first-order valence-corrected chi connectivity index (χ1v) is 6.36. The van der Waals surface area contributed by atoms with E-state index >= 15 is 0 Å². The first-order chi connectivity index (χ1) is 8.97. The summed E-state index contributed by atoms with van der Waals surface area (Å²) in [4.78, 5) is 23.3. The summed E-state index contributed by atoms with van der Waals surface area (Å²) in [5.41, 5.74) is 7.81. The smallest absolute Gasteiger partial charge is 0.251 e. The third-order valence-corrected chi connectivity index (χ3v) is 2.97. The van der Waals surface area contributed by atoms with Crippen LogP contribution in [0.15, 0.2) is 18.2 Å². The van der Waals surface area contributed by atoms with E-state index < -0.39 is 0 Å². The van der Waals surface area contributed by atoms with E-state index in [0.29, 0.717) is 11.3 Å². The zero-order valence-electron chi connectivity index (χ0n) is 11.6. The van der Waals surface area contributed by atoms with Crippen molar-refractivity contribution in [2.45, 2.75) is 32.7 Å². The summed E-state index contributed by atoms with van der Waals surface area (Å²) in [5.74, 6) is -0.313. The molecule has 0 saturated carbocycles. The van der Waals surface area contributed by atoms with Crippen molar-refractivity contribution in [3.8, 4) is 0 Å². The Hall–Kier alpha value is -1.88. The molecule has 1 unspecified atom stereocenters. The third-order valence-electron chi connectivity index (χ3n) is 2.97. The highest BCUT2D eigenvalue weighted by Gasteiger charge is 2.11. The predicted octanol–water partition coefficient (Wildman–Crippen LogP) is 1.42. The molecule has 1 aromatic carbocycles. The molecule has 0 spiro atoms. The lowest BCUT2D eigenvalue weighted by atomic mass is 10.1. The minimum atomic E-state index is -0.180. The first-order valence-electron chi connectivity index (χ1n) is 6.36. The van der Waals surface area contributed by atoms with E-state index in [-0.39, 0.29) is 24.3 Å². The number of carbonyl (C=O) groups excluding carboxylic acids is 2. The van der Waals surface area contributed by atoms with Crippen LogP contribution in [0.3, 0.4) is 0 Å². The lowest BCUT2D eigenvalue weighted by molar-refractivity contribution is -0.116. The molecule has 4 N–H and O–H groups in total. The van der Waals surface area contributed by atoms with Crippen molar-refractivity contribution < 1.29 is 9.59 Å². The molecule has 0 heterocycles. The average molecular weight is 263 g/mol. The molecule has 0 aliphatic rings. The summed E-state index contributed by atoms with van der Waals surface area (Å²) in [6.07, 6.45) is 1.03. The summed E-state index contributed by atoms with van der Waals surface area (Å²) in [6, 6.07) is 5.06. The minimum Gasteiger partial charge on any atom is -0.355 e. The molecule has 0 saturated heterocycles. The van der Waals surface area contributed by atoms with Crippen LogP contribution in [-0.4, -0.2) is 24.9 Å². The van der Waals surface area contributed by atoms with Crippen molar-refractivity contribution in [3.05, 3.63) is 29.3 Å². The third kappa shape index (κ3) is 4.37. The number of rotatable bonds is 5. The van der Waals surface area contributed by atoms with Crippen LogP contribution in [0, 0.1) is 6.92 Å². The Morgan fingerprint density at radius 2 is 2.05 bits per heavy atom. The van der Waals surface area contributed by atoms with Gasteiger partial charge in [0.25, 0.3) is 5.91 Å². The second-order valence-corrected chi connectivity index (χ2v) is 4.53. The van der Waals surface area contributed by atoms with Crippen LogP contribution in [0.2, 0.25) is 0 Å². The normalized spacial score (nSPS) is 11.8. The van der Waals surface area contributed by atoms with Gasteiger partial charge in [-0.25, -0.2) is 0 Å². The van der Waals surface area contributed by atoms with Gasteiger partial charge in [-0.2, -0.15) is 0 Å². The zero-order chi connectivity index (χ0) is 14.4. The molecule has 0 aromatic heterocycles. The van der Waals surface area contributed by atoms with E-state index in [1.807, 2.05) is 13.8 Å². The molecular weight excluding hydrogens is 242 g/mol. The Bertz CT molecular complexity index is 472. The van der Waals surface area contributed by atoms with E-state index in [4.69, 9.17) is 5.73 Å². The standard InChI is InChI=1S/C14H21N3O2/c1-4-11(15)8-13(18)17-12-7-10(14(19)16-3)6-5-9(12)2/h5-7,11H,4,8,15H2,1-3H3,(H,16,19)(H,17,18). The van der Waals surface area contributed by atoms with Gasteiger partial charge in [0.15, 0.2) is 0 Å². The average Bonchev–Trinajstić information content (AvgIpc) is 2.40. The molecule has 0 fully saturated rings. The maximum Gasteiger partial charge on any atom is 0.251 e. The summed E-state index contributed by atoms with van der Waals surface area (Å²) >= 11 is 0. The van der Waals surface area contributed by atoms with Crippen LogP contribution < -0.4 is 16.4 Å². The lowest BCUT2D eigenvalue weighted by Crippen LogP contribution is -2.26. The second-order valence-electron chi connectivity index (χ2n) is 4.53. The molecule has 0 radical (unpaired) electrons. The Kier molecular flexibility index (Phi) is 5.51. The van der Waals surface area contributed by atoms with Crippen molar-refractivity contribution in [1.82, 2.24) is 5.32 Å². The molecule has 5 nitrogen and oxygen atoms in total. The van der Waals surface area contributed by atoms with Crippen LogP contribution in [0.5, 0.6) is 0 Å². The molecular formula is C14H21N3O2. The number of hydrogen-bond acceptors (Lipinski definition) is 3. The molecule has 19 heavy (non-hydrogen) atoms. The van der Waals surface area contributed by atoms with Gasteiger partial charge in [-0.05, 0) is 31.0 Å². The number of anilines is 1. The van der Waals surface area contributed by atoms with Crippen molar-refractivity contribution in [2.24, 2.45) is 5.73 Å². The topological polar surface area (TPSA) is 84.2 Å². The number of amides is 2. The summed E-state index contributed by atoms with van der Waals surface area (Å²) in [6.45, 7) is 3.82. The Labute approximate surface area is 113 Å². The number of benzene rings is 1. The fraction of sp³-hybridized carbons (Fsp3) is 0.429. The fourth-order valence-electron chi connectivity index (χ4n) is 1.63. The molecule has 104 valence electrons. The second kappa shape index (κ2) is 6.89. The lowest BCUT2D eigenvalue weighted by Gasteiger charge is -2.12. The van der Waals surface area contributed by atoms with Crippen molar-refractivity contribution >= 4 is 17.5 Å². The number of aryl methyl sites for hydroxylation is 1. The van der Waals surface area contributed by atoms with E-state index in [1.165, 1.54) is 0 Å². The Balaban J connectivity index is 2.82. The highest BCUT2D eigenvalue weighted by atomic mass is 16.2. The van der Waals surface area contributed by atoms with Crippen molar-refractivity contribution in [2.75, 3.05) is 12.4 Å². The fourth-order valence-corrected chi connectivity index (χ4v) is 1.63. The van der Waals surface area contributed by atoms with Crippen LogP contribution in [0.25, 0.3) is 0 Å². The van der Waals surface area contributed by atoms with Gasteiger partial charge < -0.3 is 16.4 Å². The minimum absolute atomic E-state index is 0.133. The number of carbonyl (C=O) groups is 2. The van der Waals surface area contributed by atoms with Gasteiger partial charge in [0.05, 0.1) is 0 Å². The Morgan fingerprint density at radius 3 is 2.63 bits per heavy atom. The van der Waals surface area contributed by atoms with Gasteiger partial charge in [-0.15, -0.1) is 0 Å². The van der Waals surface area contributed by atoms with E-state index in [2.05, 4.69) is 10.6 Å². The van der Waals surface area contributed by atoms with Gasteiger partial charge in [0.1, 0.15) is 0 Å². The molecule has 0 aliphatic carbocycles. The summed E-state index contributed by atoms with van der Waals surface area (Å²) < 4.78 is 0. The number of hydrogen-bond donors (Lipinski definition) is 3. The van der Waals surface area contributed by atoms with Gasteiger partial charge in [0.2, 0.25) is 5.91 Å². The largest absolute Gasteiger partial charge is 0.355 e. The van der Waals surface area contributed by atoms with Crippen LogP contribution in [-0.2, 0) is 4.79 Å². The predicted molar refractivity (Wildman–Crippen MR) is 76.1 cm³/mol. The van der Waals surface area contributed by atoms with E-state index in [9.17, 15) is 9.59 Å². The van der Waals surface area contributed by atoms with Crippen molar-refractivity contribution in [1.29, 1.82) is 0 Å². The maximum atomic E-state index is 11.8. The van der Waals surface area contributed by atoms with Crippen LogP contribution >= 0.6 is 0 Å². The number of nitrogens with two attached hydrogens (primary N) is 1. The van der Waals surface area contributed by atoms with Crippen molar-refractivity contribution in [3.63, 3.8) is 0 Å². The van der Waals surface area contributed by atoms with Gasteiger partial charge in [-0.3, -0.25) is 9.59 Å².